The Balaban J connectivity index is 2.23. The number of rotatable bonds is 2. The van der Waals surface area contributed by atoms with Gasteiger partial charge in [-0.05, 0) is 0 Å². The average molecular weight is 346 g/mol. The second-order valence-electron chi connectivity index (χ2n) is 6.62. The van der Waals surface area contributed by atoms with E-state index in [-0.39, 0.29) is 0 Å². The Kier molecular flexibility index (Phi) is 4.87. The van der Waals surface area contributed by atoms with Crippen LogP contribution in [-0.2, 0) is 0 Å². The zero-order chi connectivity index (χ0) is 17.9. The monoisotopic (exact) mass is 345 g/mol. The van der Waals surface area contributed by atoms with Crippen molar-refractivity contribution in [1.82, 2.24) is 0 Å². The molecule has 3 aromatic carbocycles. The minimum atomic E-state index is -4.02. The summed E-state index contributed by atoms with van der Waals surface area (Å²) < 4.78 is 16.6. The van der Waals surface area contributed by atoms with Crippen LogP contribution in [0.5, 0.6) is 0 Å². The van der Waals surface area contributed by atoms with Crippen LogP contribution in [0, 0.1) is 32.2 Å². The van der Waals surface area contributed by atoms with Crippen LogP contribution in [0.4, 0.5) is 4.11 Å². The van der Waals surface area contributed by atoms with Crippen LogP contribution in [0.25, 0.3) is 0 Å². The second kappa shape index (κ2) is 7.09. The van der Waals surface area contributed by atoms with Crippen LogP contribution < -0.4 is 10.4 Å². The van der Waals surface area contributed by atoms with Gasteiger partial charge >= 0.3 is 150 Å². The van der Waals surface area contributed by atoms with E-state index in [0.717, 1.165) is 32.6 Å². The van der Waals surface area contributed by atoms with Gasteiger partial charge in [0.25, 0.3) is 0 Å². The Morgan fingerprint density at radius 1 is 0.760 bits per heavy atom. The summed E-state index contributed by atoms with van der Waals surface area (Å²) >= 11 is 0. The van der Waals surface area contributed by atoms with Crippen molar-refractivity contribution < 1.29 is 4.11 Å². The Morgan fingerprint density at radius 3 is 1.84 bits per heavy atom. The van der Waals surface area contributed by atoms with E-state index in [4.69, 9.17) is 0 Å². The Morgan fingerprint density at radius 2 is 1.28 bits per heavy atom. The predicted molar refractivity (Wildman–Crippen MR) is 108 cm³/mol. The van der Waals surface area contributed by atoms with Crippen molar-refractivity contribution in [3.05, 3.63) is 95.1 Å². The summed E-state index contributed by atoms with van der Waals surface area (Å²) in [6.45, 7) is 6.04. The molecule has 0 atom stereocenters. The summed E-state index contributed by atoms with van der Waals surface area (Å²) in [4.78, 5) is 0. The number of hydrogen-bond acceptors (Lipinski definition) is 0. The maximum atomic E-state index is 16.6. The third-order valence-electron chi connectivity index (χ3n) is 4.58. The van der Waals surface area contributed by atoms with Crippen LogP contribution in [-0.4, -0.2) is 8.41 Å². The van der Waals surface area contributed by atoms with Crippen molar-refractivity contribution in [3.63, 3.8) is 0 Å². The number of halogens is 1. The predicted octanol–water partition coefficient (Wildman–Crippen LogP) is 3.96. The number of aryl methyl sites for hydroxylation is 3. The Hall–Kier alpha value is -2.63. The molecule has 0 amide bonds. The van der Waals surface area contributed by atoms with Crippen molar-refractivity contribution in [3.8, 4) is 11.5 Å². The molecule has 0 aromatic heterocycles. The van der Waals surface area contributed by atoms with Crippen molar-refractivity contribution in [2.45, 2.75) is 20.8 Å². The van der Waals surface area contributed by atoms with E-state index < -0.39 is 8.41 Å². The Labute approximate surface area is 150 Å². The minimum absolute atomic E-state index is 0.730. The zero-order valence-corrected chi connectivity index (χ0v) is 16.0. The third-order valence-corrected chi connectivity index (χ3v) is 8.14. The van der Waals surface area contributed by atoms with Gasteiger partial charge in [0.1, 0.15) is 0 Å². The maximum absolute atomic E-state index is 16.6. The quantitative estimate of drug-likeness (QED) is 0.375. The van der Waals surface area contributed by atoms with E-state index in [1.54, 1.807) is 0 Å². The van der Waals surface area contributed by atoms with Gasteiger partial charge in [0, 0.05) is 0 Å². The fourth-order valence-corrected chi connectivity index (χ4v) is 6.75. The van der Waals surface area contributed by atoms with Crippen LogP contribution in [0.1, 0.15) is 22.3 Å². The first-order valence-corrected chi connectivity index (χ1v) is 10.7. The summed E-state index contributed by atoms with van der Waals surface area (Å²) in [6.07, 6.45) is 0. The summed E-state index contributed by atoms with van der Waals surface area (Å²) in [5.41, 5.74) is 7.10. The number of hydrogen-bond donors (Lipinski definition) is 0. The van der Waals surface area contributed by atoms with Gasteiger partial charge in [-0.25, -0.2) is 0 Å². The molecule has 0 aliphatic heterocycles. The molecule has 0 aliphatic rings. The van der Waals surface area contributed by atoms with E-state index in [2.05, 4.69) is 23.6 Å². The fraction of sp³-hybridized carbons (Fsp3) is 0.130. The first-order chi connectivity index (χ1) is 12.0. The van der Waals surface area contributed by atoms with E-state index in [9.17, 15) is 0 Å². The van der Waals surface area contributed by atoms with Crippen molar-refractivity contribution >= 4 is 18.8 Å². The van der Waals surface area contributed by atoms with Crippen LogP contribution >= 0.6 is 0 Å². The molecule has 0 N–H and O–H groups in total. The van der Waals surface area contributed by atoms with Gasteiger partial charge in [-0.15, -0.1) is 0 Å². The van der Waals surface area contributed by atoms with Gasteiger partial charge in [0.2, 0.25) is 0 Å². The molecule has 2 heteroatoms. The van der Waals surface area contributed by atoms with Gasteiger partial charge < -0.3 is 0 Å². The van der Waals surface area contributed by atoms with Crippen LogP contribution in [0.2, 0.25) is 0 Å². The molecule has 0 saturated carbocycles. The molecule has 0 unspecified atom stereocenters. The Bertz CT molecular complexity index is 913. The SMILES string of the molecule is Cc1cc(C)c([SiH-](F)(C#Cc2ccccc2)c2ccccc2)c(C)c1. The molecule has 0 nitrogen and oxygen atoms in total. The van der Waals surface area contributed by atoms with Gasteiger partial charge in [0.15, 0.2) is 0 Å². The standard InChI is InChI=1S/C23H22FSi/c1-18-16-19(2)23(20(3)17-18)25(24,22-12-8-5-9-13-22)15-14-21-10-6-4-7-11-21/h4-13,16-17,25H,1-3H3/q-1. The summed E-state index contributed by atoms with van der Waals surface area (Å²) in [5.74, 6) is 3.10. The molecule has 0 aliphatic carbocycles. The van der Waals surface area contributed by atoms with Gasteiger partial charge in [0.05, 0.1) is 0 Å². The molecule has 0 radical (unpaired) electrons. The first kappa shape index (κ1) is 17.2. The van der Waals surface area contributed by atoms with Gasteiger partial charge in [-0.3, -0.25) is 0 Å². The van der Waals surface area contributed by atoms with Gasteiger partial charge in [-0.2, -0.15) is 0 Å². The molecule has 0 saturated heterocycles. The fourth-order valence-electron chi connectivity index (χ4n) is 3.56. The van der Waals surface area contributed by atoms with Crippen molar-refractivity contribution in [2.75, 3.05) is 0 Å². The first-order valence-electron chi connectivity index (χ1n) is 8.56. The van der Waals surface area contributed by atoms with Crippen LogP contribution in [0.15, 0.2) is 72.8 Å². The van der Waals surface area contributed by atoms with Gasteiger partial charge in [-0.1, -0.05) is 0 Å². The molecule has 0 spiro atoms. The molecule has 126 valence electrons. The van der Waals surface area contributed by atoms with E-state index >= 15 is 4.11 Å². The summed E-state index contributed by atoms with van der Waals surface area (Å²) in [6, 6.07) is 23.2. The average Bonchev–Trinajstić information content (AvgIpc) is 2.61. The summed E-state index contributed by atoms with van der Waals surface area (Å²) in [7, 11) is -4.02. The van der Waals surface area contributed by atoms with Crippen molar-refractivity contribution in [2.24, 2.45) is 0 Å². The molecule has 3 rings (SSSR count). The third kappa shape index (κ3) is 3.57. The summed E-state index contributed by atoms with van der Waals surface area (Å²) in [5, 5.41) is 1.54. The topological polar surface area (TPSA) is 0 Å². The molecule has 0 bridgehead atoms. The zero-order valence-electron chi connectivity index (χ0n) is 14.9. The normalized spacial score (nSPS) is 11.5. The molecule has 0 fully saturated rings. The molecular weight excluding hydrogens is 323 g/mol. The second-order valence-corrected chi connectivity index (χ2v) is 9.67. The molecule has 0 heterocycles. The van der Waals surface area contributed by atoms with E-state index in [1.165, 1.54) is 0 Å². The van der Waals surface area contributed by atoms with Crippen molar-refractivity contribution in [1.29, 1.82) is 0 Å². The molecule has 3 aromatic rings. The van der Waals surface area contributed by atoms with E-state index in [0.29, 0.717) is 0 Å². The van der Waals surface area contributed by atoms with E-state index in [1.807, 2.05) is 81.4 Å². The number of benzene rings is 3. The molecular formula is C23H22FSi-. The molecule has 25 heavy (non-hydrogen) atoms. The van der Waals surface area contributed by atoms with Crippen LogP contribution in [0.3, 0.4) is 0 Å².